The van der Waals surface area contributed by atoms with E-state index in [1.54, 1.807) is 42.0 Å². The predicted octanol–water partition coefficient (Wildman–Crippen LogP) is 3.69. The zero-order chi connectivity index (χ0) is 22.9. The van der Waals surface area contributed by atoms with Crippen molar-refractivity contribution in [3.05, 3.63) is 72.6 Å². The van der Waals surface area contributed by atoms with Crippen LogP contribution in [0.1, 0.15) is 11.4 Å². The monoisotopic (exact) mass is 451 g/mol. The minimum Gasteiger partial charge on any atom is -0.497 e. The van der Waals surface area contributed by atoms with Crippen molar-refractivity contribution in [2.45, 2.75) is 25.0 Å². The normalized spacial score (nSPS) is 10.4. The van der Waals surface area contributed by atoms with E-state index in [1.807, 2.05) is 31.2 Å². The van der Waals surface area contributed by atoms with Crippen molar-refractivity contribution in [3.63, 3.8) is 0 Å². The highest BCUT2D eigenvalue weighted by atomic mass is 32.2. The summed E-state index contributed by atoms with van der Waals surface area (Å²) in [6.07, 6.45) is 1.73. The van der Waals surface area contributed by atoms with Gasteiger partial charge < -0.3 is 19.9 Å². The first-order valence-electron chi connectivity index (χ1n) is 9.94. The largest absolute Gasteiger partial charge is 0.497 e. The van der Waals surface area contributed by atoms with Crippen LogP contribution in [-0.4, -0.2) is 39.4 Å². The summed E-state index contributed by atoms with van der Waals surface area (Å²) in [5.74, 6) is 0.931. The quantitative estimate of drug-likeness (QED) is 0.360. The van der Waals surface area contributed by atoms with E-state index in [0.717, 1.165) is 11.3 Å². The third-order valence-corrected chi connectivity index (χ3v) is 5.41. The first kappa shape index (κ1) is 23.1. The van der Waals surface area contributed by atoms with Gasteiger partial charge in [-0.05, 0) is 31.2 Å². The lowest BCUT2D eigenvalue weighted by atomic mass is 10.2. The minimum atomic E-state index is -0.232. The number of nitrogens with zero attached hydrogens (tertiary/aromatic N) is 3. The highest BCUT2D eigenvalue weighted by Crippen LogP contribution is 2.20. The molecule has 0 saturated carbocycles. The summed E-state index contributed by atoms with van der Waals surface area (Å²) < 4.78 is 6.95. The van der Waals surface area contributed by atoms with Crippen molar-refractivity contribution < 1.29 is 14.3 Å². The van der Waals surface area contributed by atoms with Gasteiger partial charge in [-0.15, -0.1) is 16.8 Å². The third-order valence-electron chi connectivity index (χ3n) is 4.44. The molecule has 1 aromatic heterocycles. The van der Waals surface area contributed by atoms with Crippen LogP contribution in [-0.2, 0) is 22.6 Å². The Hall–Kier alpha value is -3.59. The van der Waals surface area contributed by atoms with Crippen molar-refractivity contribution in [2.75, 3.05) is 23.5 Å². The molecule has 0 spiro atoms. The van der Waals surface area contributed by atoms with Gasteiger partial charge in [-0.2, -0.15) is 0 Å². The average Bonchev–Trinajstić information content (AvgIpc) is 3.15. The maximum absolute atomic E-state index is 12.5. The summed E-state index contributed by atoms with van der Waals surface area (Å²) in [6.45, 7) is 6.18. The lowest BCUT2D eigenvalue weighted by molar-refractivity contribution is -0.116. The summed E-state index contributed by atoms with van der Waals surface area (Å²) in [5, 5.41) is 14.5. The molecule has 0 aliphatic carbocycles. The number of aromatic nitrogens is 3. The molecule has 0 atom stereocenters. The van der Waals surface area contributed by atoms with Gasteiger partial charge in [0.05, 0.1) is 19.3 Å². The Labute approximate surface area is 191 Å². The summed E-state index contributed by atoms with van der Waals surface area (Å²) >= 11 is 1.26. The van der Waals surface area contributed by atoms with E-state index >= 15 is 0 Å². The number of hydrogen-bond donors (Lipinski definition) is 2. The Morgan fingerprint density at radius 1 is 1.09 bits per heavy atom. The molecule has 32 heavy (non-hydrogen) atoms. The lowest BCUT2D eigenvalue weighted by Crippen LogP contribution is -2.18. The standard InChI is InChI=1S/C23H25N5O3S/c1-4-12-28-20(14-21(29)25-18-6-5-7-19(13-18)31-3)26-27-23(28)32-15-22(30)24-17-10-8-16(2)9-11-17/h4-11,13H,1,12,14-15H2,2-3H3,(H,24,30)(H,25,29). The van der Waals surface area contributed by atoms with Gasteiger partial charge in [0.25, 0.3) is 0 Å². The zero-order valence-electron chi connectivity index (χ0n) is 18.0. The number of rotatable bonds is 10. The number of thioether (sulfide) groups is 1. The molecule has 0 bridgehead atoms. The minimum absolute atomic E-state index is 0.0359. The van der Waals surface area contributed by atoms with Crippen LogP contribution in [0.25, 0.3) is 0 Å². The number of nitrogens with one attached hydrogen (secondary N) is 2. The molecular weight excluding hydrogens is 426 g/mol. The number of aryl methyl sites for hydroxylation is 1. The number of carbonyl (C=O) groups excluding carboxylic acids is 2. The van der Waals surface area contributed by atoms with Crippen molar-refractivity contribution in [3.8, 4) is 5.75 Å². The van der Waals surface area contributed by atoms with E-state index in [9.17, 15) is 9.59 Å². The molecule has 3 rings (SSSR count). The summed E-state index contributed by atoms with van der Waals surface area (Å²) in [5.41, 5.74) is 2.49. The molecule has 166 valence electrons. The van der Waals surface area contributed by atoms with E-state index in [2.05, 4.69) is 27.4 Å². The van der Waals surface area contributed by atoms with Crippen molar-refractivity contribution >= 4 is 35.0 Å². The van der Waals surface area contributed by atoms with Gasteiger partial charge >= 0.3 is 0 Å². The van der Waals surface area contributed by atoms with Crippen LogP contribution in [0.3, 0.4) is 0 Å². The Morgan fingerprint density at radius 2 is 1.84 bits per heavy atom. The molecule has 0 aliphatic rings. The van der Waals surface area contributed by atoms with E-state index in [1.165, 1.54) is 11.8 Å². The Kier molecular flexibility index (Phi) is 8.04. The number of hydrogen-bond acceptors (Lipinski definition) is 6. The lowest BCUT2D eigenvalue weighted by Gasteiger charge is -2.09. The van der Waals surface area contributed by atoms with E-state index in [4.69, 9.17) is 4.74 Å². The van der Waals surface area contributed by atoms with Gasteiger partial charge in [0.1, 0.15) is 11.6 Å². The Morgan fingerprint density at radius 3 is 2.56 bits per heavy atom. The first-order valence-corrected chi connectivity index (χ1v) is 10.9. The van der Waals surface area contributed by atoms with Gasteiger partial charge in [-0.1, -0.05) is 41.6 Å². The number of allylic oxidation sites excluding steroid dienone is 1. The molecule has 2 amide bonds. The van der Waals surface area contributed by atoms with Crippen LogP contribution >= 0.6 is 11.8 Å². The van der Waals surface area contributed by atoms with Gasteiger partial charge in [0.15, 0.2) is 5.16 Å². The summed E-state index contributed by atoms with van der Waals surface area (Å²) in [4.78, 5) is 24.8. The molecule has 0 fully saturated rings. The van der Waals surface area contributed by atoms with E-state index in [0.29, 0.717) is 29.0 Å². The summed E-state index contributed by atoms with van der Waals surface area (Å²) in [6, 6.07) is 14.7. The molecule has 3 aromatic rings. The fourth-order valence-electron chi connectivity index (χ4n) is 2.88. The maximum Gasteiger partial charge on any atom is 0.234 e. The number of amides is 2. The van der Waals surface area contributed by atoms with Crippen molar-refractivity contribution in [2.24, 2.45) is 0 Å². The van der Waals surface area contributed by atoms with Crippen molar-refractivity contribution in [1.82, 2.24) is 14.8 Å². The molecule has 1 heterocycles. The first-order chi connectivity index (χ1) is 15.5. The van der Waals surface area contributed by atoms with Crippen LogP contribution in [0.4, 0.5) is 11.4 Å². The molecule has 9 heteroatoms. The fourth-order valence-corrected chi connectivity index (χ4v) is 3.65. The average molecular weight is 452 g/mol. The highest BCUT2D eigenvalue weighted by molar-refractivity contribution is 7.99. The highest BCUT2D eigenvalue weighted by Gasteiger charge is 2.16. The van der Waals surface area contributed by atoms with Crippen molar-refractivity contribution in [1.29, 1.82) is 0 Å². The fraction of sp³-hybridized carbons (Fsp3) is 0.217. The SMILES string of the molecule is C=CCn1c(CC(=O)Nc2cccc(OC)c2)nnc1SCC(=O)Nc1ccc(C)cc1. The van der Waals surface area contributed by atoms with E-state index in [-0.39, 0.29) is 24.0 Å². The summed E-state index contributed by atoms with van der Waals surface area (Å²) in [7, 11) is 1.57. The van der Waals surface area contributed by atoms with Crippen LogP contribution in [0, 0.1) is 6.92 Å². The number of methoxy groups -OCH3 is 1. The van der Waals surface area contributed by atoms with Gasteiger partial charge in [0.2, 0.25) is 11.8 Å². The Bertz CT molecular complexity index is 1100. The smallest absolute Gasteiger partial charge is 0.234 e. The number of ether oxygens (including phenoxy) is 1. The molecule has 0 unspecified atom stereocenters. The second kappa shape index (κ2) is 11.1. The van der Waals surface area contributed by atoms with Gasteiger partial charge in [0, 0.05) is 24.0 Å². The van der Waals surface area contributed by atoms with E-state index < -0.39 is 0 Å². The third kappa shape index (κ3) is 6.45. The topological polar surface area (TPSA) is 98.1 Å². The second-order valence-corrected chi connectivity index (χ2v) is 7.90. The number of carbonyl (C=O) groups is 2. The molecule has 0 aliphatic heterocycles. The number of benzene rings is 2. The van der Waals surface area contributed by atoms with Gasteiger partial charge in [-0.3, -0.25) is 9.59 Å². The van der Waals surface area contributed by atoms with Crippen LogP contribution in [0.2, 0.25) is 0 Å². The molecule has 2 N–H and O–H groups in total. The second-order valence-electron chi connectivity index (χ2n) is 6.96. The molecule has 0 saturated heterocycles. The van der Waals surface area contributed by atoms with Crippen LogP contribution in [0.5, 0.6) is 5.75 Å². The van der Waals surface area contributed by atoms with Crippen LogP contribution in [0.15, 0.2) is 66.3 Å². The Balaban J connectivity index is 1.61. The maximum atomic E-state index is 12.5. The number of anilines is 2. The molecule has 2 aromatic carbocycles. The van der Waals surface area contributed by atoms with Gasteiger partial charge in [-0.25, -0.2) is 0 Å². The molecule has 8 nitrogen and oxygen atoms in total. The molecular formula is C23H25N5O3S. The predicted molar refractivity (Wildman–Crippen MR) is 126 cm³/mol. The van der Waals surface area contributed by atoms with Crippen LogP contribution < -0.4 is 15.4 Å². The zero-order valence-corrected chi connectivity index (χ0v) is 18.8. The molecule has 0 radical (unpaired) electrons.